The van der Waals surface area contributed by atoms with E-state index in [-0.39, 0.29) is 17.8 Å². The molecule has 0 unspecified atom stereocenters. The lowest BCUT2D eigenvalue weighted by Crippen LogP contribution is -2.45. The molecule has 1 aromatic carbocycles. The Kier molecular flexibility index (Phi) is 6.18. The number of rotatable bonds is 4. The monoisotopic (exact) mass is 409 g/mol. The molecule has 0 radical (unpaired) electrons. The number of ether oxygens (including phenoxy) is 1. The summed E-state index contributed by atoms with van der Waals surface area (Å²) in [5.41, 5.74) is 8.90. The van der Waals surface area contributed by atoms with Gasteiger partial charge in [0.1, 0.15) is 5.75 Å². The molecule has 1 atom stereocenters. The second kappa shape index (κ2) is 9.00. The minimum absolute atomic E-state index is 0.150. The van der Waals surface area contributed by atoms with Gasteiger partial charge in [0.05, 0.1) is 12.8 Å². The number of nitrogen functional groups attached to an aromatic ring is 1. The number of piperidine rings is 2. The van der Waals surface area contributed by atoms with Crippen molar-refractivity contribution in [3.8, 4) is 16.9 Å². The second-order valence-corrected chi connectivity index (χ2v) is 8.46. The number of carbonyl (C=O) groups excluding carboxylic acids is 1. The maximum absolute atomic E-state index is 13.2. The molecule has 0 spiro atoms. The maximum Gasteiger partial charge on any atom is 0.225 e. The highest BCUT2D eigenvalue weighted by Gasteiger charge is 2.32. The topological polar surface area (TPSA) is 84.6 Å². The van der Waals surface area contributed by atoms with Crippen molar-refractivity contribution < 1.29 is 9.53 Å². The number of amides is 1. The van der Waals surface area contributed by atoms with Crippen molar-refractivity contribution >= 4 is 11.9 Å². The van der Waals surface area contributed by atoms with Crippen LogP contribution in [0.15, 0.2) is 30.5 Å². The zero-order valence-electron chi connectivity index (χ0n) is 17.9. The summed E-state index contributed by atoms with van der Waals surface area (Å²) in [7, 11) is 3.78. The van der Waals surface area contributed by atoms with Crippen molar-refractivity contribution in [2.45, 2.75) is 31.6 Å². The van der Waals surface area contributed by atoms with Gasteiger partial charge in [0, 0.05) is 36.7 Å². The van der Waals surface area contributed by atoms with Crippen LogP contribution < -0.4 is 10.5 Å². The Hall–Kier alpha value is -2.67. The molecule has 0 saturated carbocycles. The van der Waals surface area contributed by atoms with Gasteiger partial charge in [-0.1, -0.05) is 12.1 Å². The summed E-state index contributed by atoms with van der Waals surface area (Å²) < 4.78 is 5.28. The van der Waals surface area contributed by atoms with Gasteiger partial charge < -0.3 is 20.3 Å². The number of anilines is 1. The SMILES string of the molecule is COc1ccc(-c2cnc(N)nc2[C@@H]2CCCN(C(=O)C3CCN(C)CC3)C2)cc1. The van der Waals surface area contributed by atoms with Crippen LogP contribution in [-0.4, -0.2) is 66.0 Å². The van der Waals surface area contributed by atoms with E-state index in [1.807, 2.05) is 24.3 Å². The van der Waals surface area contributed by atoms with E-state index in [1.54, 1.807) is 13.3 Å². The number of hydrogen-bond donors (Lipinski definition) is 1. The number of benzene rings is 1. The standard InChI is InChI=1S/C23H31N5O2/c1-27-12-9-17(10-13-27)22(29)28-11-3-4-18(15-28)21-20(14-25-23(24)26-21)16-5-7-19(30-2)8-6-16/h5-8,14,17-18H,3-4,9-13,15H2,1-2H3,(H2,24,25,26)/t18-/m1/s1. The van der Waals surface area contributed by atoms with Gasteiger partial charge >= 0.3 is 0 Å². The summed E-state index contributed by atoms with van der Waals surface area (Å²) in [4.78, 5) is 26.4. The van der Waals surface area contributed by atoms with Crippen molar-refractivity contribution in [3.63, 3.8) is 0 Å². The van der Waals surface area contributed by atoms with Crippen LogP contribution in [0.3, 0.4) is 0 Å². The van der Waals surface area contributed by atoms with E-state index in [2.05, 4.69) is 26.8 Å². The first-order chi connectivity index (χ1) is 14.5. The highest BCUT2D eigenvalue weighted by Crippen LogP contribution is 2.34. The van der Waals surface area contributed by atoms with Crippen molar-refractivity contribution in [2.75, 3.05) is 46.1 Å². The Morgan fingerprint density at radius 2 is 1.87 bits per heavy atom. The number of carbonyl (C=O) groups is 1. The first-order valence-electron chi connectivity index (χ1n) is 10.8. The summed E-state index contributed by atoms with van der Waals surface area (Å²) in [5.74, 6) is 1.71. The number of nitrogens with zero attached hydrogens (tertiary/aromatic N) is 4. The van der Waals surface area contributed by atoms with E-state index in [9.17, 15) is 4.79 Å². The molecule has 2 saturated heterocycles. The van der Waals surface area contributed by atoms with Gasteiger partial charge in [-0.2, -0.15) is 0 Å². The van der Waals surface area contributed by atoms with Crippen LogP contribution in [-0.2, 0) is 4.79 Å². The van der Waals surface area contributed by atoms with Crippen molar-refractivity contribution in [3.05, 3.63) is 36.2 Å². The van der Waals surface area contributed by atoms with Crippen molar-refractivity contribution in [2.24, 2.45) is 5.92 Å². The quantitative estimate of drug-likeness (QED) is 0.836. The van der Waals surface area contributed by atoms with E-state index < -0.39 is 0 Å². The predicted octanol–water partition coefficient (Wildman–Crippen LogP) is 2.78. The highest BCUT2D eigenvalue weighted by atomic mass is 16.5. The number of nitrogens with two attached hydrogens (primary N) is 1. The normalized spacial score (nSPS) is 20.9. The molecule has 4 rings (SSSR count). The fourth-order valence-electron chi connectivity index (χ4n) is 4.63. The molecule has 0 bridgehead atoms. The lowest BCUT2D eigenvalue weighted by atomic mass is 9.88. The summed E-state index contributed by atoms with van der Waals surface area (Å²) in [6.07, 6.45) is 5.69. The second-order valence-electron chi connectivity index (χ2n) is 8.46. The van der Waals surface area contributed by atoms with Crippen LogP contribution in [0.5, 0.6) is 5.75 Å². The lowest BCUT2D eigenvalue weighted by Gasteiger charge is -2.37. The Labute approximate surface area is 178 Å². The summed E-state index contributed by atoms with van der Waals surface area (Å²) in [5, 5.41) is 0. The molecule has 160 valence electrons. The average Bonchev–Trinajstić information content (AvgIpc) is 2.79. The van der Waals surface area contributed by atoms with Crippen LogP contribution in [0.4, 0.5) is 5.95 Å². The Bertz CT molecular complexity index is 878. The summed E-state index contributed by atoms with van der Waals surface area (Å²) in [6.45, 7) is 3.53. The fourth-order valence-corrected chi connectivity index (χ4v) is 4.63. The average molecular weight is 410 g/mol. The number of likely N-dealkylation sites (tertiary alicyclic amines) is 2. The number of methoxy groups -OCH3 is 1. The Morgan fingerprint density at radius 1 is 1.13 bits per heavy atom. The zero-order chi connectivity index (χ0) is 21.1. The van der Waals surface area contributed by atoms with Gasteiger partial charge in [0.15, 0.2) is 0 Å². The van der Waals surface area contributed by atoms with Crippen LogP contribution in [0.25, 0.3) is 11.1 Å². The third-order valence-electron chi connectivity index (χ3n) is 6.43. The van der Waals surface area contributed by atoms with Crippen molar-refractivity contribution in [1.29, 1.82) is 0 Å². The van der Waals surface area contributed by atoms with E-state index >= 15 is 0 Å². The molecule has 2 fully saturated rings. The minimum atomic E-state index is 0.150. The van der Waals surface area contributed by atoms with Crippen molar-refractivity contribution in [1.82, 2.24) is 19.8 Å². The zero-order valence-corrected chi connectivity index (χ0v) is 17.9. The van der Waals surface area contributed by atoms with Crippen LogP contribution in [0.1, 0.15) is 37.3 Å². The third-order valence-corrected chi connectivity index (χ3v) is 6.43. The van der Waals surface area contributed by atoms with E-state index in [0.717, 1.165) is 67.9 Å². The molecule has 3 heterocycles. The fraction of sp³-hybridized carbons (Fsp3) is 0.522. The molecular weight excluding hydrogens is 378 g/mol. The number of aromatic nitrogens is 2. The molecule has 7 heteroatoms. The first-order valence-corrected chi connectivity index (χ1v) is 10.8. The molecule has 0 aliphatic carbocycles. The van der Waals surface area contributed by atoms with Gasteiger partial charge in [0.25, 0.3) is 0 Å². The van der Waals surface area contributed by atoms with Gasteiger partial charge in [-0.25, -0.2) is 9.97 Å². The van der Waals surface area contributed by atoms with E-state index in [4.69, 9.17) is 10.5 Å². The van der Waals surface area contributed by atoms with Gasteiger partial charge in [-0.05, 0) is 63.5 Å². The van der Waals surface area contributed by atoms with Gasteiger partial charge in [-0.3, -0.25) is 4.79 Å². The molecule has 2 N–H and O–H groups in total. The molecule has 2 aliphatic rings. The Morgan fingerprint density at radius 3 is 2.57 bits per heavy atom. The highest BCUT2D eigenvalue weighted by molar-refractivity contribution is 5.79. The minimum Gasteiger partial charge on any atom is -0.497 e. The molecule has 1 amide bonds. The Balaban J connectivity index is 1.55. The largest absolute Gasteiger partial charge is 0.497 e. The number of hydrogen-bond acceptors (Lipinski definition) is 6. The molecule has 7 nitrogen and oxygen atoms in total. The summed E-state index contributed by atoms with van der Waals surface area (Å²) >= 11 is 0. The predicted molar refractivity (Wildman–Crippen MR) is 117 cm³/mol. The molecule has 30 heavy (non-hydrogen) atoms. The van der Waals surface area contributed by atoms with Gasteiger partial charge in [0.2, 0.25) is 11.9 Å². The summed E-state index contributed by atoms with van der Waals surface area (Å²) in [6, 6.07) is 7.90. The molecule has 2 aliphatic heterocycles. The third kappa shape index (κ3) is 4.41. The van der Waals surface area contributed by atoms with E-state index in [1.165, 1.54) is 0 Å². The van der Waals surface area contributed by atoms with Gasteiger partial charge in [-0.15, -0.1) is 0 Å². The molecule has 1 aromatic heterocycles. The van der Waals surface area contributed by atoms with E-state index in [0.29, 0.717) is 12.5 Å². The van der Waals surface area contributed by atoms with Crippen LogP contribution in [0, 0.1) is 5.92 Å². The maximum atomic E-state index is 13.2. The molecular formula is C23H31N5O2. The first kappa shape index (κ1) is 20.6. The van der Waals surface area contributed by atoms with Crippen LogP contribution >= 0.6 is 0 Å². The van der Waals surface area contributed by atoms with Crippen LogP contribution in [0.2, 0.25) is 0 Å². The smallest absolute Gasteiger partial charge is 0.225 e. The molecule has 2 aromatic rings. The lowest BCUT2D eigenvalue weighted by molar-refractivity contribution is -0.138.